The molecule has 2 aromatic carbocycles. The van der Waals surface area contributed by atoms with Crippen LogP contribution in [0.3, 0.4) is 0 Å². The van der Waals surface area contributed by atoms with Gasteiger partial charge in [-0.25, -0.2) is 0 Å². The Morgan fingerprint density at radius 1 is 1.15 bits per heavy atom. The first kappa shape index (κ1) is 13.9. The van der Waals surface area contributed by atoms with Crippen LogP contribution in [0.5, 0.6) is 5.75 Å². The quantitative estimate of drug-likeness (QED) is 0.821. The molecule has 1 atom stereocenters. The number of hydrogen-bond acceptors (Lipinski definition) is 3. The van der Waals surface area contributed by atoms with E-state index in [0.29, 0.717) is 23.5 Å². The second-order valence-corrected chi connectivity index (χ2v) is 4.44. The van der Waals surface area contributed by atoms with Gasteiger partial charge in [0.2, 0.25) is 0 Å². The highest BCUT2D eigenvalue weighted by molar-refractivity contribution is 5.94. The molecule has 2 aromatic rings. The van der Waals surface area contributed by atoms with Gasteiger partial charge in [-0.1, -0.05) is 25.1 Å². The number of rotatable bonds is 5. The lowest BCUT2D eigenvalue weighted by Gasteiger charge is -2.17. The molecule has 0 spiro atoms. The van der Waals surface area contributed by atoms with Gasteiger partial charge in [-0.3, -0.25) is 4.79 Å². The van der Waals surface area contributed by atoms with Crippen LogP contribution in [0.4, 0.5) is 11.4 Å². The summed E-state index contributed by atoms with van der Waals surface area (Å²) in [6.07, 6.45) is 0.0744. The monoisotopic (exact) mass is 270 g/mol. The van der Waals surface area contributed by atoms with Gasteiger partial charge < -0.3 is 15.8 Å². The zero-order valence-electron chi connectivity index (χ0n) is 11.4. The van der Waals surface area contributed by atoms with E-state index >= 15 is 0 Å². The van der Waals surface area contributed by atoms with Gasteiger partial charge in [-0.2, -0.15) is 0 Å². The highest BCUT2D eigenvalue weighted by atomic mass is 16.5. The van der Waals surface area contributed by atoms with Crippen molar-refractivity contribution >= 4 is 17.3 Å². The molecule has 0 heterocycles. The minimum absolute atomic E-state index is 0.166. The van der Waals surface area contributed by atoms with Crippen LogP contribution in [-0.4, -0.2) is 12.0 Å². The Labute approximate surface area is 118 Å². The maximum absolute atomic E-state index is 12.2. The molecule has 4 heteroatoms. The van der Waals surface area contributed by atoms with Gasteiger partial charge in [0.15, 0.2) is 6.10 Å². The van der Waals surface area contributed by atoms with Gasteiger partial charge in [0.05, 0.1) is 0 Å². The first-order valence-corrected chi connectivity index (χ1v) is 6.57. The van der Waals surface area contributed by atoms with E-state index in [1.54, 1.807) is 24.3 Å². The minimum Gasteiger partial charge on any atom is -0.481 e. The lowest BCUT2D eigenvalue weighted by molar-refractivity contribution is -0.122. The number of carbonyl (C=O) groups is 1. The highest BCUT2D eigenvalue weighted by Crippen LogP contribution is 2.15. The summed E-state index contributed by atoms with van der Waals surface area (Å²) in [6, 6.07) is 16.3. The molecule has 3 N–H and O–H groups in total. The van der Waals surface area contributed by atoms with E-state index in [9.17, 15) is 4.79 Å². The first-order chi connectivity index (χ1) is 9.69. The number of nitrogens with two attached hydrogens (primary N) is 1. The predicted molar refractivity (Wildman–Crippen MR) is 80.6 cm³/mol. The molecule has 0 aliphatic heterocycles. The van der Waals surface area contributed by atoms with Crippen LogP contribution in [0.1, 0.15) is 13.3 Å². The molecule has 2 rings (SSSR count). The predicted octanol–water partition coefficient (Wildman–Crippen LogP) is 3.06. The van der Waals surface area contributed by atoms with E-state index in [1.165, 1.54) is 0 Å². The Bertz CT molecular complexity index is 552. The Morgan fingerprint density at radius 3 is 2.40 bits per heavy atom. The molecule has 1 amide bonds. The Morgan fingerprint density at radius 2 is 1.80 bits per heavy atom. The van der Waals surface area contributed by atoms with Crippen LogP contribution in [0.15, 0.2) is 54.6 Å². The van der Waals surface area contributed by atoms with E-state index in [4.69, 9.17) is 10.5 Å². The van der Waals surface area contributed by atoms with Crippen molar-refractivity contribution in [3.63, 3.8) is 0 Å². The molecule has 0 aliphatic carbocycles. The van der Waals surface area contributed by atoms with Crippen molar-refractivity contribution < 1.29 is 9.53 Å². The molecular weight excluding hydrogens is 252 g/mol. The second kappa shape index (κ2) is 6.61. The van der Waals surface area contributed by atoms with Crippen LogP contribution in [0.2, 0.25) is 0 Å². The third-order valence-electron chi connectivity index (χ3n) is 2.86. The van der Waals surface area contributed by atoms with Crippen LogP contribution < -0.4 is 15.8 Å². The number of nitrogen functional groups attached to an aromatic ring is 1. The fraction of sp³-hybridized carbons (Fsp3) is 0.188. The summed E-state index contributed by atoms with van der Waals surface area (Å²) in [5.74, 6) is 0.521. The minimum atomic E-state index is -0.519. The molecule has 20 heavy (non-hydrogen) atoms. The van der Waals surface area contributed by atoms with E-state index in [2.05, 4.69) is 5.32 Å². The molecule has 0 radical (unpaired) electrons. The van der Waals surface area contributed by atoms with Crippen molar-refractivity contribution in [1.82, 2.24) is 0 Å². The smallest absolute Gasteiger partial charge is 0.265 e. The number of ether oxygens (including phenoxy) is 1. The number of amides is 1. The van der Waals surface area contributed by atoms with E-state index in [-0.39, 0.29) is 5.91 Å². The molecule has 0 unspecified atom stereocenters. The van der Waals surface area contributed by atoms with Crippen molar-refractivity contribution in [2.75, 3.05) is 11.1 Å². The lowest BCUT2D eigenvalue weighted by atomic mass is 10.2. The second-order valence-electron chi connectivity index (χ2n) is 4.44. The summed E-state index contributed by atoms with van der Waals surface area (Å²) >= 11 is 0. The van der Waals surface area contributed by atoms with E-state index in [0.717, 1.165) is 0 Å². The Hall–Kier alpha value is -2.49. The summed E-state index contributed by atoms with van der Waals surface area (Å²) < 4.78 is 5.68. The summed E-state index contributed by atoms with van der Waals surface area (Å²) in [4.78, 5) is 12.2. The lowest BCUT2D eigenvalue weighted by Crippen LogP contribution is -2.32. The maximum Gasteiger partial charge on any atom is 0.265 e. The van der Waals surface area contributed by atoms with Crippen LogP contribution in [0, 0.1) is 0 Å². The molecular formula is C16H18N2O2. The SMILES string of the molecule is CC[C@@H](Oc1ccccc1)C(=O)Nc1ccc(N)cc1. The van der Waals surface area contributed by atoms with Crippen molar-refractivity contribution in [3.05, 3.63) is 54.6 Å². The number of carbonyl (C=O) groups excluding carboxylic acids is 1. The number of nitrogens with one attached hydrogen (secondary N) is 1. The topological polar surface area (TPSA) is 64.3 Å². The van der Waals surface area contributed by atoms with Crippen molar-refractivity contribution in [2.24, 2.45) is 0 Å². The Kier molecular flexibility index (Phi) is 4.60. The fourth-order valence-corrected chi connectivity index (χ4v) is 1.77. The van der Waals surface area contributed by atoms with Gasteiger partial charge >= 0.3 is 0 Å². The van der Waals surface area contributed by atoms with Crippen LogP contribution in [0.25, 0.3) is 0 Å². The van der Waals surface area contributed by atoms with Gasteiger partial charge in [0.1, 0.15) is 5.75 Å². The first-order valence-electron chi connectivity index (χ1n) is 6.57. The molecule has 0 fully saturated rings. The van der Waals surface area contributed by atoms with Crippen molar-refractivity contribution in [1.29, 1.82) is 0 Å². The molecule has 0 aromatic heterocycles. The molecule has 104 valence electrons. The average molecular weight is 270 g/mol. The maximum atomic E-state index is 12.2. The summed E-state index contributed by atoms with van der Waals surface area (Å²) in [7, 11) is 0. The van der Waals surface area contributed by atoms with E-state index < -0.39 is 6.10 Å². The molecule has 0 saturated carbocycles. The summed E-state index contributed by atoms with van der Waals surface area (Å²) in [5.41, 5.74) is 6.98. The van der Waals surface area contributed by atoms with Crippen molar-refractivity contribution in [3.8, 4) is 5.75 Å². The molecule has 0 bridgehead atoms. The molecule has 4 nitrogen and oxygen atoms in total. The van der Waals surface area contributed by atoms with Gasteiger partial charge in [-0.15, -0.1) is 0 Å². The van der Waals surface area contributed by atoms with Gasteiger partial charge in [0, 0.05) is 11.4 Å². The third-order valence-corrected chi connectivity index (χ3v) is 2.86. The van der Waals surface area contributed by atoms with Gasteiger partial charge in [-0.05, 0) is 42.8 Å². The molecule has 0 aliphatic rings. The molecule has 0 saturated heterocycles. The average Bonchev–Trinajstić information content (AvgIpc) is 2.48. The van der Waals surface area contributed by atoms with E-state index in [1.807, 2.05) is 37.3 Å². The fourth-order valence-electron chi connectivity index (χ4n) is 1.77. The number of para-hydroxylation sites is 1. The van der Waals surface area contributed by atoms with Crippen LogP contribution in [-0.2, 0) is 4.79 Å². The van der Waals surface area contributed by atoms with Gasteiger partial charge in [0.25, 0.3) is 5.91 Å². The summed E-state index contributed by atoms with van der Waals surface area (Å²) in [6.45, 7) is 1.91. The normalized spacial score (nSPS) is 11.7. The Balaban J connectivity index is 2.00. The summed E-state index contributed by atoms with van der Waals surface area (Å²) in [5, 5.41) is 2.82. The third kappa shape index (κ3) is 3.75. The van der Waals surface area contributed by atoms with Crippen LogP contribution >= 0.6 is 0 Å². The zero-order valence-corrected chi connectivity index (χ0v) is 11.4. The number of benzene rings is 2. The largest absolute Gasteiger partial charge is 0.481 e. The number of anilines is 2. The zero-order chi connectivity index (χ0) is 14.4. The number of hydrogen-bond donors (Lipinski definition) is 2. The van der Waals surface area contributed by atoms with Crippen molar-refractivity contribution in [2.45, 2.75) is 19.4 Å². The standard InChI is InChI=1S/C16H18N2O2/c1-2-15(20-14-6-4-3-5-7-14)16(19)18-13-10-8-12(17)9-11-13/h3-11,15H,2,17H2,1H3,(H,18,19)/t15-/m1/s1. The highest BCUT2D eigenvalue weighted by Gasteiger charge is 2.18.